The van der Waals surface area contributed by atoms with Gasteiger partial charge in [-0.15, -0.1) is 26.3 Å². The summed E-state index contributed by atoms with van der Waals surface area (Å²) in [6, 6.07) is 14.2. The van der Waals surface area contributed by atoms with Crippen molar-refractivity contribution >= 4 is 48.6 Å². The fraction of sp³-hybridized carbons (Fsp3) is 0.205. The van der Waals surface area contributed by atoms with Crippen LogP contribution in [-0.4, -0.2) is 48.8 Å². The first-order chi connectivity index (χ1) is 25.3. The van der Waals surface area contributed by atoms with E-state index in [1.807, 2.05) is 0 Å². The van der Waals surface area contributed by atoms with Crippen LogP contribution in [0.2, 0.25) is 0 Å². The van der Waals surface area contributed by atoms with Gasteiger partial charge in [-0.2, -0.15) is 16.8 Å². The molecule has 0 unspecified atom stereocenters. The second-order valence-electron chi connectivity index (χ2n) is 13.1. The van der Waals surface area contributed by atoms with Crippen LogP contribution in [0.1, 0.15) is 44.5 Å². The van der Waals surface area contributed by atoms with E-state index in [2.05, 4.69) is 0 Å². The van der Waals surface area contributed by atoms with Crippen LogP contribution < -0.4 is 4.90 Å². The van der Waals surface area contributed by atoms with Crippen LogP contribution in [0.3, 0.4) is 0 Å². The van der Waals surface area contributed by atoms with Crippen LogP contribution in [0, 0.1) is 41.5 Å². The Balaban J connectivity index is 1.75. The van der Waals surface area contributed by atoms with Crippen LogP contribution in [0.5, 0.6) is 0 Å². The summed E-state index contributed by atoms with van der Waals surface area (Å²) in [6.45, 7) is 8.68. The van der Waals surface area contributed by atoms with E-state index in [9.17, 15) is 52.3 Å². The van der Waals surface area contributed by atoms with Gasteiger partial charge in [0.2, 0.25) is 11.4 Å². The average Bonchev–Trinajstić information content (AvgIpc) is 3.03. The summed E-state index contributed by atoms with van der Waals surface area (Å²) in [6.07, 6.45) is -5.04. The Morgan fingerprint density at radius 2 is 1.22 bits per heavy atom. The van der Waals surface area contributed by atoms with Gasteiger partial charge in [0.1, 0.15) is 9.79 Å². The summed E-state index contributed by atoms with van der Waals surface area (Å²) < 4.78 is 158. The Morgan fingerprint density at radius 1 is 0.673 bits per heavy atom. The number of halogens is 6. The number of alkyl halides is 6. The van der Waals surface area contributed by atoms with Gasteiger partial charge in [-0.05, 0) is 117 Å². The van der Waals surface area contributed by atoms with E-state index >= 15 is 0 Å². The number of anilines is 2. The largest absolute Gasteiger partial charge is 0.639 e. The molecular formula is C39H35F6N2O6S2+. The molecule has 0 aliphatic heterocycles. The molecule has 16 heteroatoms. The first-order valence-corrected chi connectivity index (χ1v) is 19.2. The number of nitrogens with zero attached hydrogens (tertiary/aromatic N) is 2. The van der Waals surface area contributed by atoms with Crippen molar-refractivity contribution in [3.63, 3.8) is 0 Å². The Labute approximate surface area is 314 Å². The Kier molecular flexibility index (Phi) is 10.9. The lowest BCUT2D eigenvalue weighted by Gasteiger charge is -2.31. The van der Waals surface area contributed by atoms with Crippen molar-refractivity contribution in [2.75, 3.05) is 4.90 Å². The van der Waals surface area contributed by atoms with Crippen LogP contribution in [0.4, 0.5) is 43.4 Å². The van der Waals surface area contributed by atoms with Gasteiger partial charge in [-0.1, -0.05) is 46.5 Å². The highest BCUT2D eigenvalue weighted by molar-refractivity contribution is 7.86. The van der Waals surface area contributed by atoms with Crippen molar-refractivity contribution in [2.45, 2.75) is 63.9 Å². The molecule has 1 aliphatic carbocycles. The highest BCUT2D eigenvalue weighted by atomic mass is 32.2. The lowest BCUT2D eigenvalue weighted by atomic mass is 9.90. The summed E-state index contributed by atoms with van der Waals surface area (Å²) in [4.78, 5) is -1.31. The first kappa shape index (κ1) is 41.1. The van der Waals surface area contributed by atoms with Crippen molar-refractivity contribution in [2.24, 2.45) is 0 Å². The van der Waals surface area contributed by atoms with Gasteiger partial charge in [0, 0.05) is 34.5 Å². The summed E-state index contributed by atoms with van der Waals surface area (Å²) in [5.41, 5.74) is 0.0247. The topological polar surface area (TPSA) is 115 Å². The third-order valence-corrected chi connectivity index (χ3v) is 11.0. The molecule has 0 aromatic heterocycles. The second-order valence-corrected chi connectivity index (χ2v) is 15.8. The third-order valence-electron chi connectivity index (χ3n) is 8.97. The molecule has 0 heterocycles. The van der Waals surface area contributed by atoms with E-state index in [1.54, 1.807) is 32.9 Å². The van der Waals surface area contributed by atoms with Gasteiger partial charge in [0.25, 0.3) is 20.2 Å². The molecule has 290 valence electrons. The minimum Gasteiger partial charge on any atom is -0.282 e. The smallest absolute Gasteiger partial charge is 0.282 e. The lowest BCUT2D eigenvalue weighted by Crippen LogP contribution is -2.35. The van der Waals surface area contributed by atoms with E-state index in [0.29, 0.717) is 11.1 Å². The van der Waals surface area contributed by atoms with Crippen LogP contribution in [-0.2, 0) is 20.2 Å². The minimum absolute atomic E-state index is 0.0315. The van der Waals surface area contributed by atoms with E-state index in [1.165, 1.54) is 74.5 Å². The van der Waals surface area contributed by atoms with Crippen LogP contribution >= 0.6 is 0 Å². The van der Waals surface area contributed by atoms with Crippen molar-refractivity contribution in [3.05, 3.63) is 141 Å². The number of aryl methyl sites for hydroxylation is 5. The third kappa shape index (κ3) is 8.32. The quantitative estimate of drug-likeness (QED) is 0.0827. The normalized spacial score (nSPS) is 13.7. The summed E-state index contributed by atoms with van der Waals surface area (Å²) in [5.74, 6) is 0. The lowest BCUT2D eigenvalue weighted by molar-refractivity contribution is -0.656. The number of allylic oxidation sites excluding steroid dienone is 5. The number of hydrogen-bond donors (Lipinski definition) is 2. The van der Waals surface area contributed by atoms with Crippen LogP contribution in [0.15, 0.2) is 106 Å². The maximum absolute atomic E-state index is 14.9. The zero-order chi connectivity index (χ0) is 41.0. The van der Waals surface area contributed by atoms with Gasteiger partial charge in [-0.3, -0.25) is 14.0 Å². The zero-order valence-electron chi connectivity index (χ0n) is 30.2. The van der Waals surface area contributed by atoms with Crippen molar-refractivity contribution < 1.29 is 56.9 Å². The Hall–Kier alpha value is -5.03. The van der Waals surface area contributed by atoms with Gasteiger partial charge < -0.3 is 0 Å². The molecule has 0 amide bonds. The molecule has 4 aromatic rings. The highest BCUT2D eigenvalue weighted by Crippen LogP contribution is 2.44. The average molecular weight is 806 g/mol. The van der Waals surface area contributed by atoms with Crippen molar-refractivity contribution in [1.29, 1.82) is 0 Å². The summed E-state index contributed by atoms with van der Waals surface area (Å²) in [5, 5.41) is 0. The Bertz CT molecular complexity index is 2530. The molecule has 2 N–H and O–H groups in total. The fourth-order valence-corrected chi connectivity index (χ4v) is 8.81. The molecule has 1 aliphatic rings. The molecule has 8 nitrogen and oxygen atoms in total. The van der Waals surface area contributed by atoms with E-state index in [0.717, 1.165) is 30.7 Å². The summed E-state index contributed by atoms with van der Waals surface area (Å²) >= 11 is 0. The predicted octanol–water partition coefficient (Wildman–Crippen LogP) is 9.92. The predicted molar refractivity (Wildman–Crippen MR) is 197 cm³/mol. The maximum atomic E-state index is 14.9. The zero-order valence-corrected chi connectivity index (χ0v) is 31.8. The minimum atomic E-state index is -5.12. The van der Waals surface area contributed by atoms with E-state index in [-0.39, 0.29) is 59.8 Å². The monoisotopic (exact) mass is 805 g/mol. The molecular weight excluding hydrogens is 771 g/mol. The van der Waals surface area contributed by atoms with Gasteiger partial charge in [0.05, 0.1) is 5.69 Å². The van der Waals surface area contributed by atoms with Crippen LogP contribution in [0.25, 0.3) is 5.57 Å². The molecule has 0 bridgehead atoms. The van der Waals surface area contributed by atoms with Gasteiger partial charge in [-0.25, -0.2) is 0 Å². The Morgan fingerprint density at radius 3 is 1.71 bits per heavy atom. The number of rotatable bonds is 7. The number of benzene rings is 4. The van der Waals surface area contributed by atoms with Crippen molar-refractivity contribution in [1.82, 2.24) is 0 Å². The van der Waals surface area contributed by atoms with E-state index in [4.69, 9.17) is 0 Å². The highest BCUT2D eigenvalue weighted by Gasteiger charge is 2.48. The summed E-state index contributed by atoms with van der Waals surface area (Å²) in [7, 11) is -9.83. The van der Waals surface area contributed by atoms with Gasteiger partial charge >= 0.3 is 12.6 Å². The molecule has 4 aromatic carbocycles. The second kappa shape index (κ2) is 14.6. The number of hydrogen-bond acceptors (Lipinski definition) is 5. The molecule has 0 atom stereocenters. The van der Waals surface area contributed by atoms with Crippen molar-refractivity contribution in [3.8, 4) is 0 Å². The molecule has 0 fully saturated rings. The van der Waals surface area contributed by atoms with E-state index < -0.39 is 54.0 Å². The molecule has 0 saturated carbocycles. The SMILES string of the molecule is Cc1cc(C)c([N+](=C2C=CC(=C(c3ccc(N(c4c(C)cc(C)c(S(=O)(=O)O)c4C)C(F)(F)F)cc3)c3ccccc3S(=O)(=O)O)C=C2)C(F)(F)F)c(C)c1. The molecule has 0 saturated heterocycles. The van der Waals surface area contributed by atoms with Gasteiger partial charge in [0.15, 0.2) is 0 Å². The molecule has 0 radical (unpaired) electrons. The first-order valence-electron chi connectivity index (χ1n) is 16.4. The standard InChI is InChI=1S/C39H34F6N2O6S2/c1-22-19-23(2)35(24(3)20-22)46(38(40,41)42)30-15-11-28(12-16-30)34(32-9-7-8-10-33(32)54(48,49)50)29-13-17-31(18-14-29)47(39(43,44)45)36-25(4)21-26(5)37(27(36)6)55(51,52)53/h7-21H,1-6H3,(H-,48,49,50,51,52,53)/p+1. The molecule has 5 rings (SSSR count). The maximum Gasteiger partial charge on any atom is 0.639 e. The molecule has 55 heavy (non-hydrogen) atoms. The fourth-order valence-electron chi connectivity index (χ4n) is 7.16. The molecule has 0 spiro atoms.